The predicted molar refractivity (Wildman–Crippen MR) is 64.4 cm³/mol. The highest BCUT2D eigenvalue weighted by Gasteiger charge is 1.99. The quantitative estimate of drug-likeness (QED) is 0.668. The lowest BCUT2D eigenvalue weighted by atomic mass is 10.1. The molecule has 0 amide bonds. The van der Waals surface area contributed by atoms with Crippen LogP contribution in [0.15, 0.2) is 29.8 Å². The molecule has 16 heavy (non-hydrogen) atoms. The van der Waals surface area contributed by atoms with Gasteiger partial charge in [-0.2, -0.15) is 0 Å². The smallest absolute Gasteiger partial charge is 0.331 e. The molecule has 0 aliphatic carbocycles. The van der Waals surface area contributed by atoms with Crippen molar-refractivity contribution >= 4 is 12.0 Å². The highest BCUT2D eigenvalue weighted by atomic mass is 16.4. The summed E-state index contributed by atoms with van der Waals surface area (Å²) in [5, 5.41) is 20.3. The number of hydrogen-bond donors (Lipinski definition) is 3. The molecule has 4 heteroatoms. The molecular weight excluding hydrogens is 206 g/mol. The molecule has 4 nitrogen and oxygen atoms in total. The van der Waals surface area contributed by atoms with Crippen LogP contribution in [0.3, 0.4) is 0 Å². The number of carbonyl (C=O) groups is 1. The molecule has 0 saturated heterocycles. The van der Waals surface area contributed by atoms with Crippen LogP contribution in [0.4, 0.5) is 0 Å². The highest BCUT2D eigenvalue weighted by molar-refractivity contribution is 5.91. The molecule has 0 radical (unpaired) electrons. The van der Waals surface area contributed by atoms with Crippen LogP contribution in [0, 0.1) is 0 Å². The Morgan fingerprint density at radius 2 is 1.69 bits per heavy atom. The largest absolute Gasteiger partial charge is 0.508 e. The molecule has 0 fully saturated rings. The van der Waals surface area contributed by atoms with Gasteiger partial charge in [0.1, 0.15) is 5.75 Å². The van der Waals surface area contributed by atoms with Gasteiger partial charge in [0.05, 0.1) is 0 Å². The first-order valence-corrected chi connectivity index (χ1v) is 4.80. The van der Waals surface area contributed by atoms with Crippen molar-refractivity contribution in [2.45, 2.75) is 6.92 Å². The molecule has 1 aromatic carbocycles. The highest BCUT2D eigenvalue weighted by Crippen LogP contribution is 2.12. The average molecular weight is 223 g/mol. The Bertz CT molecular complexity index is 355. The van der Waals surface area contributed by atoms with E-state index >= 15 is 0 Å². The van der Waals surface area contributed by atoms with Crippen LogP contribution in [0.2, 0.25) is 0 Å². The molecule has 88 valence electrons. The molecule has 1 aromatic rings. The van der Waals surface area contributed by atoms with Gasteiger partial charge in [-0.1, -0.05) is 12.1 Å². The summed E-state index contributed by atoms with van der Waals surface area (Å²) in [6, 6.07) is 6.34. The zero-order valence-corrected chi connectivity index (χ0v) is 9.69. The number of aliphatic carboxylic acids is 1. The molecule has 0 bridgehead atoms. The van der Waals surface area contributed by atoms with Gasteiger partial charge in [-0.25, -0.2) is 4.79 Å². The summed E-state index contributed by atoms with van der Waals surface area (Å²) < 4.78 is 0. The molecule has 0 spiro atoms. The topological polar surface area (TPSA) is 69.6 Å². The van der Waals surface area contributed by atoms with Crippen LogP contribution >= 0.6 is 0 Å². The van der Waals surface area contributed by atoms with Crippen LogP contribution in [0.5, 0.6) is 5.75 Å². The first kappa shape index (κ1) is 14.2. The minimum atomic E-state index is -0.937. The van der Waals surface area contributed by atoms with Crippen molar-refractivity contribution < 1.29 is 15.0 Å². The molecule has 0 saturated carbocycles. The van der Waals surface area contributed by atoms with E-state index in [9.17, 15) is 4.79 Å². The van der Waals surface area contributed by atoms with Gasteiger partial charge in [0.2, 0.25) is 0 Å². The van der Waals surface area contributed by atoms with E-state index in [1.807, 2.05) is 14.1 Å². The third-order valence-corrected chi connectivity index (χ3v) is 1.61. The van der Waals surface area contributed by atoms with E-state index in [1.165, 1.54) is 19.1 Å². The molecule has 3 N–H and O–H groups in total. The summed E-state index contributed by atoms with van der Waals surface area (Å²) in [6.45, 7) is 1.52. The maximum Gasteiger partial charge on any atom is 0.331 e. The van der Waals surface area contributed by atoms with Gasteiger partial charge in [-0.05, 0) is 44.8 Å². The average Bonchev–Trinajstić information content (AvgIpc) is 2.22. The van der Waals surface area contributed by atoms with Crippen LogP contribution in [0.25, 0.3) is 6.08 Å². The second-order valence-electron chi connectivity index (χ2n) is 3.22. The zero-order chi connectivity index (χ0) is 12.6. The zero-order valence-electron chi connectivity index (χ0n) is 9.69. The summed E-state index contributed by atoms with van der Waals surface area (Å²) in [6.07, 6.45) is 1.54. The number of hydrogen-bond acceptors (Lipinski definition) is 3. The van der Waals surface area contributed by atoms with Crippen molar-refractivity contribution in [1.29, 1.82) is 0 Å². The third-order valence-electron chi connectivity index (χ3n) is 1.61. The fourth-order valence-corrected chi connectivity index (χ4v) is 0.882. The van der Waals surface area contributed by atoms with Crippen LogP contribution in [-0.4, -0.2) is 30.3 Å². The number of phenolic OH excluding ortho intramolecular Hbond substituents is 1. The monoisotopic (exact) mass is 223 g/mol. The Morgan fingerprint density at radius 1 is 1.25 bits per heavy atom. The lowest BCUT2D eigenvalue weighted by Gasteiger charge is -1.95. The number of aromatic hydroxyl groups is 1. The van der Waals surface area contributed by atoms with Gasteiger partial charge < -0.3 is 15.5 Å². The van der Waals surface area contributed by atoms with Crippen molar-refractivity contribution in [3.05, 3.63) is 35.4 Å². The van der Waals surface area contributed by atoms with E-state index in [1.54, 1.807) is 18.2 Å². The SMILES string of the molecule is CC(=Cc1ccc(O)cc1)C(=O)O.CNC. The molecule has 0 atom stereocenters. The minimum absolute atomic E-state index is 0.171. The van der Waals surface area contributed by atoms with E-state index in [0.29, 0.717) is 0 Å². The van der Waals surface area contributed by atoms with E-state index < -0.39 is 5.97 Å². The standard InChI is InChI=1S/C10H10O3.C2H7N/c1-7(10(12)13)6-8-2-4-9(11)5-3-8;1-3-2/h2-6,11H,1H3,(H,12,13);3H,1-2H3. The van der Waals surface area contributed by atoms with Gasteiger partial charge in [0.25, 0.3) is 0 Å². The molecule has 0 aromatic heterocycles. The fourth-order valence-electron chi connectivity index (χ4n) is 0.882. The van der Waals surface area contributed by atoms with E-state index in [2.05, 4.69) is 5.32 Å². The molecule has 0 aliphatic rings. The Balaban J connectivity index is 0.000000673. The van der Waals surface area contributed by atoms with Crippen LogP contribution < -0.4 is 5.32 Å². The molecular formula is C12H17NO3. The first-order chi connectivity index (χ1) is 7.51. The maximum absolute atomic E-state index is 10.5. The third kappa shape index (κ3) is 5.82. The summed E-state index contributed by atoms with van der Waals surface area (Å²) in [5.74, 6) is -0.766. The van der Waals surface area contributed by atoms with Crippen LogP contribution in [-0.2, 0) is 4.79 Å². The summed E-state index contributed by atoms with van der Waals surface area (Å²) in [7, 11) is 3.75. The van der Waals surface area contributed by atoms with E-state index in [4.69, 9.17) is 10.2 Å². The number of rotatable bonds is 2. The maximum atomic E-state index is 10.5. The van der Waals surface area contributed by atoms with Gasteiger partial charge in [-0.3, -0.25) is 0 Å². The Hall–Kier alpha value is -1.81. The second-order valence-corrected chi connectivity index (χ2v) is 3.22. The Kier molecular flexibility index (Phi) is 6.63. The Morgan fingerprint density at radius 3 is 2.06 bits per heavy atom. The normalized spacial score (nSPS) is 10.3. The van der Waals surface area contributed by atoms with Gasteiger partial charge in [0, 0.05) is 5.57 Å². The van der Waals surface area contributed by atoms with Crippen molar-refractivity contribution in [3.8, 4) is 5.75 Å². The minimum Gasteiger partial charge on any atom is -0.508 e. The molecule has 0 heterocycles. The Labute approximate surface area is 95.2 Å². The van der Waals surface area contributed by atoms with Gasteiger partial charge in [0.15, 0.2) is 0 Å². The van der Waals surface area contributed by atoms with Crippen molar-refractivity contribution in [2.75, 3.05) is 14.1 Å². The lowest BCUT2D eigenvalue weighted by molar-refractivity contribution is -0.132. The fraction of sp³-hybridized carbons (Fsp3) is 0.250. The van der Waals surface area contributed by atoms with Crippen molar-refractivity contribution in [3.63, 3.8) is 0 Å². The number of carboxylic acids is 1. The summed E-state index contributed by atoms with van der Waals surface area (Å²) in [5.41, 5.74) is 1.03. The van der Waals surface area contributed by atoms with Gasteiger partial charge in [-0.15, -0.1) is 0 Å². The number of nitrogens with one attached hydrogen (secondary N) is 1. The second kappa shape index (κ2) is 7.48. The molecule has 1 rings (SSSR count). The van der Waals surface area contributed by atoms with Crippen molar-refractivity contribution in [1.82, 2.24) is 5.32 Å². The van der Waals surface area contributed by atoms with Crippen LogP contribution in [0.1, 0.15) is 12.5 Å². The number of benzene rings is 1. The summed E-state index contributed by atoms with van der Waals surface area (Å²) in [4.78, 5) is 10.5. The number of carboxylic acid groups (broad SMARTS) is 1. The summed E-state index contributed by atoms with van der Waals surface area (Å²) >= 11 is 0. The predicted octanol–water partition coefficient (Wildman–Crippen LogP) is 1.72. The molecule has 0 unspecified atom stereocenters. The van der Waals surface area contributed by atoms with Gasteiger partial charge >= 0.3 is 5.97 Å². The molecule has 0 aliphatic heterocycles. The van der Waals surface area contributed by atoms with Crippen molar-refractivity contribution in [2.24, 2.45) is 0 Å². The van der Waals surface area contributed by atoms with E-state index in [-0.39, 0.29) is 11.3 Å². The number of phenols is 1. The lowest BCUT2D eigenvalue weighted by Crippen LogP contribution is -1.95. The first-order valence-electron chi connectivity index (χ1n) is 4.80. The van der Waals surface area contributed by atoms with E-state index in [0.717, 1.165) is 5.56 Å².